The summed E-state index contributed by atoms with van der Waals surface area (Å²) in [6, 6.07) is 8.39. The number of rotatable bonds is 5. The zero-order valence-corrected chi connectivity index (χ0v) is 14.6. The maximum absolute atomic E-state index is 12.3. The van der Waals surface area contributed by atoms with Gasteiger partial charge in [0.15, 0.2) is 9.84 Å². The molecular formula is C14H12ClNO6S2. The van der Waals surface area contributed by atoms with E-state index in [4.69, 9.17) is 16.7 Å². The molecule has 2 aromatic carbocycles. The lowest BCUT2D eigenvalue weighted by molar-refractivity contribution is 0.0697. The number of aromatic carboxylic acids is 1. The summed E-state index contributed by atoms with van der Waals surface area (Å²) in [4.78, 5) is 10.8. The molecule has 2 N–H and O–H groups in total. The van der Waals surface area contributed by atoms with Gasteiger partial charge in [0.1, 0.15) is 0 Å². The van der Waals surface area contributed by atoms with Gasteiger partial charge in [-0.25, -0.2) is 21.6 Å². The predicted molar refractivity (Wildman–Crippen MR) is 88.8 cm³/mol. The lowest BCUT2D eigenvalue weighted by Crippen LogP contribution is -2.14. The highest BCUT2D eigenvalue weighted by atomic mass is 35.5. The molecule has 0 amide bonds. The quantitative estimate of drug-likeness (QED) is 0.809. The summed E-state index contributed by atoms with van der Waals surface area (Å²) in [5.74, 6) is -1.35. The third-order valence-corrected chi connectivity index (χ3v) is 5.85. The van der Waals surface area contributed by atoms with Crippen molar-refractivity contribution in [2.75, 3.05) is 11.0 Å². The molecule has 7 nitrogen and oxygen atoms in total. The summed E-state index contributed by atoms with van der Waals surface area (Å²) in [6.07, 6.45) is 1.04. The lowest BCUT2D eigenvalue weighted by atomic mass is 10.2. The van der Waals surface area contributed by atoms with E-state index in [0.29, 0.717) is 0 Å². The summed E-state index contributed by atoms with van der Waals surface area (Å²) in [5.41, 5.74) is -0.207. The molecule has 0 saturated heterocycles. The highest BCUT2D eigenvalue weighted by Crippen LogP contribution is 2.23. The van der Waals surface area contributed by atoms with E-state index < -0.39 is 25.8 Å². The van der Waals surface area contributed by atoms with Gasteiger partial charge in [-0.1, -0.05) is 11.6 Å². The maximum Gasteiger partial charge on any atom is 0.337 e. The minimum absolute atomic E-state index is 0.0464. The number of halogens is 1. The molecule has 24 heavy (non-hydrogen) atoms. The molecule has 10 heteroatoms. The smallest absolute Gasteiger partial charge is 0.337 e. The Morgan fingerprint density at radius 2 is 1.54 bits per heavy atom. The maximum atomic E-state index is 12.3. The number of hydrogen-bond donors (Lipinski definition) is 2. The Hall–Kier alpha value is -2.10. The van der Waals surface area contributed by atoms with Crippen molar-refractivity contribution in [2.45, 2.75) is 9.79 Å². The monoisotopic (exact) mass is 389 g/mol. The van der Waals surface area contributed by atoms with E-state index in [1.807, 2.05) is 0 Å². The number of benzene rings is 2. The molecule has 0 fully saturated rings. The van der Waals surface area contributed by atoms with Crippen LogP contribution in [0.2, 0.25) is 5.02 Å². The van der Waals surface area contributed by atoms with Crippen molar-refractivity contribution in [1.29, 1.82) is 0 Å². The van der Waals surface area contributed by atoms with E-state index in [1.165, 1.54) is 36.4 Å². The van der Waals surface area contributed by atoms with Gasteiger partial charge in [0.2, 0.25) is 0 Å². The Kier molecular flexibility index (Phi) is 4.88. The van der Waals surface area contributed by atoms with Crippen LogP contribution in [0.5, 0.6) is 0 Å². The zero-order chi connectivity index (χ0) is 18.1. The van der Waals surface area contributed by atoms with Gasteiger partial charge < -0.3 is 5.11 Å². The first kappa shape index (κ1) is 18.2. The van der Waals surface area contributed by atoms with Gasteiger partial charge in [-0.3, -0.25) is 4.72 Å². The van der Waals surface area contributed by atoms with Gasteiger partial charge in [-0.15, -0.1) is 0 Å². The van der Waals surface area contributed by atoms with Crippen molar-refractivity contribution in [3.05, 3.63) is 53.1 Å². The fourth-order valence-corrected chi connectivity index (χ4v) is 3.73. The number of sulfone groups is 1. The summed E-state index contributed by atoms with van der Waals surface area (Å²) in [6.45, 7) is 0. The summed E-state index contributed by atoms with van der Waals surface area (Å²) in [5, 5.41) is 8.91. The fourth-order valence-electron chi connectivity index (χ4n) is 1.82. The molecule has 0 aromatic heterocycles. The van der Waals surface area contributed by atoms with Crippen LogP contribution in [0.4, 0.5) is 5.69 Å². The Balaban J connectivity index is 2.35. The Labute approximate surface area is 143 Å². The van der Waals surface area contributed by atoms with E-state index in [1.54, 1.807) is 0 Å². The standard InChI is InChI=1S/C14H12ClNO6S2/c1-23(19,20)10-4-2-9(3-5-10)16-24(21,22)11-6-7-13(15)12(8-11)14(17)18/h2-8,16H,1H3,(H,17,18). The molecule has 2 rings (SSSR count). The van der Waals surface area contributed by atoms with E-state index in [-0.39, 0.29) is 26.1 Å². The van der Waals surface area contributed by atoms with Crippen molar-refractivity contribution in [3.8, 4) is 0 Å². The van der Waals surface area contributed by atoms with Crippen LogP contribution >= 0.6 is 11.6 Å². The SMILES string of the molecule is CS(=O)(=O)c1ccc(NS(=O)(=O)c2ccc(Cl)c(C(=O)O)c2)cc1. The second-order valence-electron chi connectivity index (χ2n) is 4.85. The largest absolute Gasteiger partial charge is 0.478 e. The molecular weight excluding hydrogens is 378 g/mol. The van der Waals surface area contributed by atoms with Crippen molar-refractivity contribution in [1.82, 2.24) is 0 Å². The molecule has 2 aromatic rings. The van der Waals surface area contributed by atoms with E-state index in [0.717, 1.165) is 12.3 Å². The van der Waals surface area contributed by atoms with Gasteiger partial charge in [-0.05, 0) is 42.5 Å². The lowest BCUT2D eigenvalue weighted by Gasteiger charge is -2.10. The Bertz CT molecular complexity index is 998. The summed E-state index contributed by atoms with van der Waals surface area (Å²) in [7, 11) is -7.45. The average Bonchev–Trinajstić information content (AvgIpc) is 2.46. The number of carbonyl (C=O) groups is 1. The Morgan fingerprint density at radius 1 is 1.00 bits per heavy atom. The van der Waals surface area contributed by atoms with E-state index in [2.05, 4.69) is 4.72 Å². The normalized spacial score (nSPS) is 11.9. The first-order valence-electron chi connectivity index (χ1n) is 6.36. The van der Waals surface area contributed by atoms with Crippen LogP contribution in [0.25, 0.3) is 0 Å². The summed E-state index contributed by atoms with van der Waals surface area (Å²) >= 11 is 5.71. The zero-order valence-electron chi connectivity index (χ0n) is 12.2. The molecule has 0 saturated carbocycles. The van der Waals surface area contributed by atoms with Crippen molar-refractivity contribution in [3.63, 3.8) is 0 Å². The van der Waals surface area contributed by atoms with Crippen molar-refractivity contribution < 1.29 is 26.7 Å². The van der Waals surface area contributed by atoms with E-state index in [9.17, 15) is 21.6 Å². The van der Waals surface area contributed by atoms with Crippen LogP contribution in [-0.4, -0.2) is 34.2 Å². The van der Waals surface area contributed by atoms with Gasteiger partial charge in [0.05, 0.1) is 20.4 Å². The molecule has 0 spiro atoms. The molecule has 0 aliphatic carbocycles. The number of anilines is 1. The molecule has 128 valence electrons. The second-order valence-corrected chi connectivity index (χ2v) is 8.95. The van der Waals surface area contributed by atoms with Crippen molar-refractivity contribution >= 4 is 43.1 Å². The van der Waals surface area contributed by atoms with Gasteiger partial charge >= 0.3 is 5.97 Å². The van der Waals surface area contributed by atoms with Crippen LogP contribution in [-0.2, 0) is 19.9 Å². The molecule has 0 heterocycles. The Morgan fingerprint density at radius 3 is 2.04 bits per heavy atom. The van der Waals surface area contributed by atoms with Gasteiger partial charge in [-0.2, -0.15) is 0 Å². The summed E-state index contributed by atoms with van der Waals surface area (Å²) < 4.78 is 49.6. The van der Waals surface area contributed by atoms with Crippen LogP contribution in [0.15, 0.2) is 52.3 Å². The topological polar surface area (TPSA) is 118 Å². The number of carboxylic acid groups (broad SMARTS) is 1. The van der Waals surface area contributed by atoms with Crippen molar-refractivity contribution in [2.24, 2.45) is 0 Å². The molecule has 0 radical (unpaired) electrons. The van der Waals surface area contributed by atoms with Crippen LogP contribution in [0.3, 0.4) is 0 Å². The molecule has 0 bridgehead atoms. The van der Waals surface area contributed by atoms with Crippen LogP contribution in [0.1, 0.15) is 10.4 Å². The third kappa shape index (κ3) is 4.05. The molecule has 0 aliphatic heterocycles. The molecule has 0 aliphatic rings. The fraction of sp³-hybridized carbons (Fsp3) is 0.0714. The van der Waals surface area contributed by atoms with Crippen LogP contribution in [0, 0.1) is 0 Å². The minimum atomic E-state index is -4.06. The van der Waals surface area contributed by atoms with E-state index >= 15 is 0 Å². The average molecular weight is 390 g/mol. The minimum Gasteiger partial charge on any atom is -0.478 e. The second kappa shape index (κ2) is 6.42. The first-order chi connectivity index (χ1) is 11.0. The number of sulfonamides is 1. The van der Waals surface area contributed by atoms with Gasteiger partial charge in [0.25, 0.3) is 10.0 Å². The molecule has 0 atom stereocenters. The number of carboxylic acids is 1. The number of hydrogen-bond acceptors (Lipinski definition) is 5. The highest BCUT2D eigenvalue weighted by molar-refractivity contribution is 7.92. The molecule has 0 unspecified atom stereocenters. The first-order valence-corrected chi connectivity index (χ1v) is 10.1. The third-order valence-electron chi connectivity index (χ3n) is 3.01. The predicted octanol–water partition coefficient (Wildman–Crippen LogP) is 2.24. The van der Waals surface area contributed by atoms with Crippen LogP contribution < -0.4 is 4.72 Å². The highest BCUT2D eigenvalue weighted by Gasteiger charge is 2.19. The number of nitrogens with one attached hydrogen (secondary N) is 1. The van der Waals surface area contributed by atoms with Gasteiger partial charge in [0, 0.05) is 11.9 Å².